The van der Waals surface area contributed by atoms with E-state index in [4.69, 9.17) is 4.74 Å². The average molecular weight is 443 g/mol. The Balaban J connectivity index is 1.90. The van der Waals surface area contributed by atoms with Crippen LogP contribution in [0.4, 0.5) is 0 Å². The van der Waals surface area contributed by atoms with E-state index in [0.29, 0.717) is 17.9 Å². The number of carbonyl (C=O) groups excluding carboxylic acids is 1. The van der Waals surface area contributed by atoms with Crippen LogP contribution in [0.3, 0.4) is 0 Å². The predicted molar refractivity (Wildman–Crippen MR) is 138 cm³/mol. The molecule has 33 heavy (non-hydrogen) atoms. The predicted octanol–water partition coefficient (Wildman–Crippen LogP) is 5.56. The number of hydrogen-bond donors (Lipinski definition) is 0. The molecule has 0 aliphatic rings. The quantitative estimate of drug-likeness (QED) is 0.304. The molecule has 0 heterocycles. The summed E-state index contributed by atoms with van der Waals surface area (Å²) in [5.74, 6) is 0.550. The van der Waals surface area contributed by atoms with Gasteiger partial charge in [-0.15, -0.1) is 0 Å². The monoisotopic (exact) mass is 442 g/mol. The summed E-state index contributed by atoms with van der Waals surface area (Å²) in [5.41, 5.74) is 6.10. The van der Waals surface area contributed by atoms with Crippen LogP contribution in [-0.4, -0.2) is 56.9 Å². The van der Waals surface area contributed by atoms with Crippen LogP contribution < -0.4 is 4.74 Å². The number of ketones is 1. The van der Waals surface area contributed by atoms with Crippen LogP contribution in [-0.2, 0) is 6.54 Å². The van der Waals surface area contributed by atoms with Gasteiger partial charge in [0.2, 0.25) is 0 Å². The van der Waals surface area contributed by atoms with Crippen molar-refractivity contribution in [3.8, 4) is 16.9 Å². The van der Waals surface area contributed by atoms with Gasteiger partial charge in [0, 0.05) is 13.1 Å². The molecule has 0 unspecified atom stereocenters. The smallest absolute Gasteiger partial charge is 0.189 e. The third kappa shape index (κ3) is 7.14. The van der Waals surface area contributed by atoms with E-state index in [2.05, 4.69) is 41.0 Å². The standard InChI is InChI=1S/C29H34N2O2/c1-22-9-6-7-12-26(22)25-14-16-29(33-18-17-30(2)3)27(20-25)28(32)15-13-23-10-8-11-24(19-23)21-31(4)5/h6-16,19-20H,17-18,21H2,1-5H3/b15-13+. The van der Waals surface area contributed by atoms with E-state index in [1.54, 1.807) is 6.08 Å². The molecule has 0 saturated carbocycles. The zero-order valence-electron chi connectivity index (χ0n) is 20.3. The molecule has 0 spiro atoms. The lowest BCUT2D eigenvalue weighted by Crippen LogP contribution is -2.20. The number of ether oxygens (including phenoxy) is 1. The molecular formula is C29H34N2O2. The number of hydrogen-bond acceptors (Lipinski definition) is 4. The number of carbonyl (C=O) groups is 1. The van der Waals surface area contributed by atoms with E-state index in [9.17, 15) is 4.79 Å². The maximum absolute atomic E-state index is 13.3. The van der Waals surface area contributed by atoms with Crippen LogP contribution >= 0.6 is 0 Å². The Labute approximate surface area is 198 Å². The molecule has 0 aromatic heterocycles. The summed E-state index contributed by atoms with van der Waals surface area (Å²) in [7, 11) is 8.10. The van der Waals surface area contributed by atoms with Crippen molar-refractivity contribution in [3.63, 3.8) is 0 Å². The summed E-state index contributed by atoms with van der Waals surface area (Å²) in [6.45, 7) is 4.24. The van der Waals surface area contributed by atoms with Crippen molar-refractivity contribution in [1.29, 1.82) is 0 Å². The van der Waals surface area contributed by atoms with Gasteiger partial charge in [0.25, 0.3) is 0 Å². The van der Waals surface area contributed by atoms with Crippen LogP contribution in [0.15, 0.2) is 72.8 Å². The largest absolute Gasteiger partial charge is 0.491 e. The van der Waals surface area contributed by atoms with Gasteiger partial charge in [-0.25, -0.2) is 0 Å². The van der Waals surface area contributed by atoms with Gasteiger partial charge in [-0.05, 0) is 81.1 Å². The van der Waals surface area contributed by atoms with E-state index in [1.165, 1.54) is 11.1 Å². The molecule has 4 nitrogen and oxygen atoms in total. The summed E-state index contributed by atoms with van der Waals surface area (Å²) in [4.78, 5) is 17.5. The molecule has 0 N–H and O–H groups in total. The summed E-state index contributed by atoms with van der Waals surface area (Å²) in [6, 6.07) is 22.3. The van der Waals surface area contributed by atoms with E-state index >= 15 is 0 Å². The van der Waals surface area contributed by atoms with Crippen molar-refractivity contribution < 1.29 is 9.53 Å². The van der Waals surface area contributed by atoms with E-state index < -0.39 is 0 Å². The fraction of sp³-hybridized carbons (Fsp3) is 0.276. The molecule has 172 valence electrons. The van der Waals surface area contributed by atoms with E-state index in [1.807, 2.05) is 76.7 Å². The fourth-order valence-electron chi connectivity index (χ4n) is 3.67. The number of nitrogens with zero attached hydrogens (tertiary/aromatic N) is 2. The van der Waals surface area contributed by atoms with Crippen molar-refractivity contribution in [3.05, 3.63) is 95.1 Å². The maximum atomic E-state index is 13.3. The maximum Gasteiger partial charge on any atom is 0.189 e. The Morgan fingerprint density at radius 3 is 2.42 bits per heavy atom. The Kier molecular flexibility index (Phi) is 8.58. The van der Waals surface area contributed by atoms with Gasteiger partial charge in [-0.1, -0.05) is 60.7 Å². The third-order valence-corrected chi connectivity index (χ3v) is 5.37. The highest BCUT2D eigenvalue weighted by atomic mass is 16.5. The molecule has 0 aliphatic carbocycles. The molecular weight excluding hydrogens is 408 g/mol. The molecule has 0 atom stereocenters. The molecule has 0 aliphatic heterocycles. The van der Waals surface area contributed by atoms with Crippen LogP contribution in [0.25, 0.3) is 17.2 Å². The van der Waals surface area contributed by atoms with Crippen molar-refractivity contribution in [2.75, 3.05) is 41.3 Å². The minimum atomic E-state index is -0.0664. The molecule has 0 saturated heterocycles. The molecule has 3 aromatic carbocycles. The molecule has 0 bridgehead atoms. The van der Waals surface area contributed by atoms with Gasteiger partial charge in [-0.2, -0.15) is 0 Å². The number of likely N-dealkylation sites (N-methyl/N-ethyl adjacent to an activating group) is 1. The molecule has 3 aromatic rings. The van der Waals surface area contributed by atoms with Crippen LogP contribution in [0.2, 0.25) is 0 Å². The second-order valence-corrected chi connectivity index (χ2v) is 8.86. The minimum Gasteiger partial charge on any atom is -0.491 e. The highest BCUT2D eigenvalue weighted by Crippen LogP contribution is 2.29. The summed E-state index contributed by atoms with van der Waals surface area (Å²) < 4.78 is 6.00. The topological polar surface area (TPSA) is 32.8 Å². The molecule has 4 heteroatoms. The van der Waals surface area contributed by atoms with Crippen molar-refractivity contribution in [1.82, 2.24) is 9.80 Å². The first kappa shape index (κ1) is 24.4. The van der Waals surface area contributed by atoms with Crippen molar-refractivity contribution >= 4 is 11.9 Å². The Hall–Kier alpha value is -3.21. The fourth-order valence-corrected chi connectivity index (χ4v) is 3.67. The van der Waals surface area contributed by atoms with Gasteiger partial charge in [0.1, 0.15) is 12.4 Å². The molecule has 0 fully saturated rings. The molecule has 3 rings (SSSR count). The van der Waals surface area contributed by atoms with Gasteiger partial charge < -0.3 is 14.5 Å². The zero-order valence-corrected chi connectivity index (χ0v) is 20.3. The lowest BCUT2D eigenvalue weighted by Gasteiger charge is -2.15. The van der Waals surface area contributed by atoms with Gasteiger partial charge in [-0.3, -0.25) is 4.79 Å². The van der Waals surface area contributed by atoms with Gasteiger partial charge in [0.15, 0.2) is 5.78 Å². The first-order chi connectivity index (χ1) is 15.8. The van der Waals surface area contributed by atoms with Crippen LogP contribution in [0.1, 0.15) is 27.0 Å². The van der Waals surface area contributed by atoms with E-state index in [0.717, 1.165) is 29.8 Å². The first-order valence-electron chi connectivity index (χ1n) is 11.3. The third-order valence-electron chi connectivity index (χ3n) is 5.37. The summed E-state index contributed by atoms with van der Waals surface area (Å²) in [6.07, 6.45) is 3.52. The lowest BCUT2D eigenvalue weighted by molar-refractivity contribution is 0.104. The number of aryl methyl sites for hydroxylation is 1. The molecule has 0 radical (unpaired) electrons. The Morgan fingerprint density at radius 1 is 0.909 bits per heavy atom. The van der Waals surface area contributed by atoms with Gasteiger partial charge in [0.05, 0.1) is 5.56 Å². The zero-order chi connectivity index (χ0) is 23.8. The van der Waals surface area contributed by atoms with Crippen LogP contribution in [0.5, 0.6) is 5.75 Å². The van der Waals surface area contributed by atoms with Crippen molar-refractivity contribution in [2.24, 2.45) is 0 Å². The Morgan fingerprint density at radius 2 is 1.70 bits per heavy atom. The number of allylic oxidation sites excluding steroid dienone is 1. The van der Waals surface area contributed by atoms with Crippen LogP contribution in [0, 0.1) is 6.92 Å². The highest BCUT2D eigenvalue weighted by molar-refractivity contribution is 6.09. The number of rotatable bonds is 10. The minimum absolute atomic E-state index is 0.0664. The average Bonchev–Trinajstić information content (AvgIpc) is 2.77. The highest BCUT2D eigenvalue weighted by Gasteiger charge is 2.13. The molecule has 0 amide bonds. The normalized spacial score (nSPS) is 11.5. The Bertz CT molecular complexity index is 1120. The second-order valence-electron chi connectivity index (χ2n) is 8.86. The summed E-state index contributed by atoms with van der Waals surface area (Å²) in [5, 5.41) is 0. The van der Waals surface area contributed by atoms with Crippen molar-refractivity contribution in [2.45, 2.75) is 13.5 Å². The number of benzene rings is 3. The first-order valence-corrected chi connectivity index (χ1v) is 11.3. The SMILES string of the molecule is Cc1ccccc1-c1ccc(OCCN(C)C)c(C(=O)/C=C/c2cccc(CN(C)C)c2)c1. The van der Waals surface area contributed by atoms with E-state index in [-0.39, 0.29) is 5.78 Å². The van der Waals surface area contributed by atoms with Gasteiger partial charge >= 0.3 is 0 Å². The summed E-state index contributed by atoms with van der Waals surface area (Å²) >= 11 is 0. The lowest BCUT2D eigenvalue weighted by atomic mass is 9.97. The second kappa shape index (κ2) is 11.6.